The van der Waals surface area contributed by atoms with Crippen molar-refractivity contribution in [3.63, 3.8) is 0 Å². The maximum Gasteiger partial charge on any atom is 0.161 e. The molecule has 6 nitrogen and oxygen atoms in total. The first-order valence-electron chi connectivity index (χ1n) is 8.77. The zero-order valence-corrected chi connectivity index (χ0v) is 15.0. The lowest BCUT2D eigenvalue weighted by molar-refractivity contribution is 0.353. The normalized spacial score (nSPS) is 16.4. The fraction of sp³-hybridized carbons (Fsp3) is 0.474. The molecular formula is C19H24N4O2. The summed E-state index contributed by atoms with van der Waals surface area (Å²) in [6.07, 6.45) is 3.43. The molecule has 1 aromatic carbocycles. The first-order valence-corrected chi connectivity index (χ1v) is 8.77. The summed E-state index contributed by atoms with van der Waals surface area (Å²) in [4.78, 5) is 11.5. The van der Waals surface area contributed by atoms with Crippen molar-refractivity contribution in [3.8, 4) is 11.5 Å². The van der Waals surface area contributed by atoms with Crippen molar-refractivity contribution in [2.75, 3.05) is 31.0 Å². The van der Waals surface area contributed by atoms with E-state index in [1.54, 1.807) is 14.2 Å². The van der Waals surface area contributed by atoms with Crippen molar-refractivity contribution in [2.45, 2.75) is 38.8 Å². The van der Waals surface area contributed by atoms with E-state index in [4.69, 9.17) is 9.47 Å². The Morgan fingerprint density at radius 1 is 1.04 bits per heavy atom. The predicted octanol–water partition coefficient (Wildman–Crippen LogP) is 2.94. The van der Waals surface area contributed by atoms with Gasteiger partial charge in [-0.25, -0.2) is 9.97 Å². The molecule has 0 atom stereocenters. The van der Waals surface area contributed by atoms with Gasteiger partial charge in [0.1, 0.15) is 17.5 Å². The van der Waals surface area contributed by atoms with Crippen molar-refractivity contribution in [1.29, 1.82) is 0 Å². The summed E-state index contributed by atoms with van der Waals surface area (Å²) in [7, 11) is 3.35. The zero-order valence-electron chi connectivity index (χ0n) is 15.0. The molecule has 0 saturated heterocycles. The molecule has 132 valence electrons. The predicted molar refractivity (Wildman–Crippen MR) is 97.7 cm³/mol. The second-order valence-corrected chi connectivity index (χ2v) is 6.72. The molecule has 2 aromatic rings. The van der Waals surface area contributed by atoms with Crippen LogP contribution in [0.15, 0.2) is 18.2 Å². The third-order valence-electron chi connectivity index (χ3n) is 4.80. The quantitative estimate of drug-likeness (QED) is 0.903. The van der Waals surface area contributed by atoms with E-state index in [1.807, 2.05) is 6.92 Å². The molecule has 0 spiro atoms. The number of nitrogens with zero attached hydrogens (tertiary/aromatic N) is 3. The van der Waals surface area contributed by atoms with Crippen LogP contribution >= 0.6 is 0 Å². The maximum atomic E-state index is 5.45. The van der Waals surface area contributed by atoms with Crippen molar-refractivity contribution in [2.24, 2.45) is 0 Å². The number of methoxy groups -OCH3 is 2. The van der Waals surface area contributed by atoms with E-state index in [9.17, 15) is 0 Å². The Hall–Kier alpha value is -2.50. The van der Waals surface area contributed by atoms with Crippen molar-refractivity contribution < 1.29 is 9.47 Å². The van der Waals surface area contributed by atoms with Gasteiger partial charge in [-0.15, -0.1) is 0 Å². The molecule has 0 radical (unpaired) electrons. The minimum absolute atomic E-state index is 0.584. The second-order valence-electron chi connectivity index (χ2n) is 6.72. The van der Waals surface area contributed by atoms with Crippen LogP contribution in [0.4, 0.5) is 11.6 Å². The van der Waals surface area contributed by atoms with E-state index >= 15 is 0 Å². The molecule has 1 fully saturated rings. The van der Waals surface area contributed by atoms with Gasteiger partial charge in [-0.1, -0.05) is 0 Å². The number of rotatable bonds is 5. The molecule has 0 bridgehead atoms. The standard InChI is InChI=1S/C19H24N4O2/c1-12-20-18(22-15-4-5-15)10-19(21-12)23-7-6-13-8-16(24-2)17(25-3)9-14(13)11-23/h8-10,15H,4-7,11H2,1-3H3,(H,20,21,22). The number of fused-ring (bicyclic) bond motifs is 1. The fourth-order valence-corrected chi connectivity index (χ4v) is 3.30. The van der Waals surface area contributed by atoms with Gasteiger partial charge in [0.15, 0.2) is 11.5 Å². The van der Waals surface area contributed by atoms with Gasteiger partial charge in [0.2, 0.25) is 0 Å². The third kappa shape index (κ3) is 3.34. The van der Waals surface area contributed by atoms with Gasteiger partial charge < -0.3 is 19.7 Å². The molecule has 2 aliphatic rings. The molecule has 4 rings (SSSR count). The lowest BCUT2D eigenvalue weighted by atomic mass is 9.99. The second kappa shape index (κ2) is 6.43. The number of nitrogens with one attached hydrogen (secondary N) is 1. The molecule has 25 heavy (non-hydrogen) atoms. The highest BCUT2D eigenvalue weighted by molar-refractivity contribution is 5.54. The van der Waals surface area contributed by atoms with Crippen molar-refractivity contribution in [3.05, 3.63) is 35.2 Å². The summed E-state index contributed by atoms with van der Waals surface area (Å²) in [5, 5.41) is 3.47. The van der Waals surface area contributed by atoms with Gasteiger partial charge >= 0.3 is 0 Å². The minimum atomic E-state index is 0.584. The molecule has 1 aliphatic heterocycles. The Bertz CT molecular complexity index is 789. The number of anilines is 2. The topological polar surface area (TPSA) is 59.5 Å². The zero-order chi connectivity index (χ0) is 17.4. The van der Waals surface area contributed by atoms with Crippen LogP contribution in [0.25, 0.3) is 0 Å². The number of aryl methyl sites for hydroxylation is 1. The molecule has 6 heteroatoms. The monoisotopic (exact) mass is 340 g/mol. The Labute approximate surface area is 148 Å². The van der Waals surface area contributed by atoms with Crippen LogP contribution in [0, 0.1) is 6.92 Å². The lowest BCUT2D eigenvalue weighted by Crippen LogP contribution is -2.31. The van der Waals surface area contributed by atoms with Crippen LogP contribution in [-0.4, -0.2) is 36.8 Å². The maximum absolute atomic E-state index is 5.45. The molecule has 2 heterocycles. The molecule has 1 aromatic heterocycles. The third-order valence-corrected chi connectivity index (χ3v) is 4.80. The summed E-state index contributed by atoms with van der Waals surface area (Å²) in [6.45, 7) is 3.70. The van der Waals surface area contributed by atoms with Crippen LogP contribution in [0.3, 0.4) is 0 Å². The highest BCUT2D eigenvalue weighted by Crippen LogP contribution is 2.34. The first kappa shape index (κ1) is 16.0. The smallest absolute Gasteiger partial charge is 0.161 e. The van der Waals surface area contributed by atoms with Crippen LogP contribution in [0.1, 0.15) is 29.8 Å². The van der Waals surface area contributed by atoms with Gasteiger partial charge in [-0.05, 0) is 49.4 Å². The summed E-state index contributed by atoms with van der Waals surface area (Å²) in [5.74, 6) is 4.29. The van der Waals surface area contributed by atoms with Gasteiger partial charge in [-0.2, -0.15) is 0 Å². The average molecular weight is 340 g/mol. The molecule has 1 N–H and O–H groups in total. The average Bonchev–Trinajstić information content (AvgIpc) is 3.43. The van der Waals surface area contributed by atoms with Crippen molar-refractivity contribution in [1.82, 2.24) is 9.97 Å². The van der Waals surface area contributed by atoms with Gasteiger partial charge in [-0.3, -0.25) is 0 Å². The van der Waals surface area contributed by atoms with Crippen molar-refractivity contribution >= 4 is 11.6 Å². The minimum Gasteiger partial charge on any atom is -0.493 e. The van der Waals surface area contributed by atoms with E-state index in [2.05, 4.69) is 38.4 Å². The van der Waals surface area contributed by atoms with Crippen LogP contribution in [-0.2, 0) is 13.0 Å². The molecule has 0 unspecified atom stereocenters. The lowest BCUT2D eigenvalue weighted by Gasteiger charge is -2.30. The van der Waals surface area contributed by atoms with Gasteiger partial charge in [0, 0.05) is 25.2 Å². The van der Waals surface area contributed by atoms with E-state index in [-0.39, 0.29) is 0 Å². The molecule has 1 aliphatic carbocycles. The summed E-state index contributed by atoms with van der Waals surface area (Å²) in [6, 6.07) is 6.83. The Morgan fingerprint density at radius 3 is 2.44 bits per heavy atom. The number of hydrogen-bond acceptors (Lipinski definition) is 6. The number of aromatic nitrogens is 2. The van der Waals surface area contributed by atoms with E-state index in [1.165, 1.54) is 24.0 Å². The summed E-state index contributed by atoms with van der Waals surface area (Å²) < 4.78 is 10.9. The first-order chi connectivity index (χ1) is 12.2. The van der Waals surface area contributed by atoms with E-state index in [0.29, 0.717) is 6.04 Å². The Balaban J connectivity index is 1.60. The number of benzene rings is 1. The SMILES string of the molecule is COc1cc2c(cc1OC)CN(c1cc(NC3CC3)nc(C)n1)CC2. The largest absolute Gasteiger partial charge is 0.493 e. The number of ether oxygens (including phenoxy) is 2. The van der Waals surface area contributed by atoms with E-state index < -0.39 is 0 Å². The fourth-order valence-electron chi connectivity index (χ4n) is 3.30. The van der Waals surface area contributed by atoms with E-state index in [0.717, 1.165) is 48.5 Å². The van der Waals surface area contributed by atoms with Crippen LogP contribution in [0.2, 0.25) is 0 Å². The Kier molecular flexibility index (Phi) is 4.11. The molecular weight excluding hydrogens is 316 g/mol. The van der Waals surface area contributed by atoms with Crippen LogP contribution in [0.5, 0.6) is 11.5 Å². The summed E-state index contributed by atoms with van der Waals surface area (Å²) in [5.41, 5.74) is 2.58. The summed E-state index contributed by atoms with van der Waals surface area (Å²) >= 11 is 0. The van der Waals surface area contributed by atoms with Gasteiger partial charge in [0.05, 0.1) is 14.2 Å². The molecule has 1 saturated carbocycles. The number of hydrogen-bond donors (Lipinski definition) is 1. The van der Waals surface area contributed by atoms with Crippen LogP contribution < -0.4 is 19.7 Å². The molecule has 0 amide bonds. The van der Waals surface area contributed by atoms with Gasteiger partial charge in [0.25, 0.3) is 0 Å². The highest BCUT2D eigenvalue weighted by Gasteiger charge is 2.24. The Morgan fingerprint density at radius 2 is 1.76 bits per heavy atom. The highest BCUT2D eigenvalue weighted by atomic mass is 16.5.